The zero-order valence-electron chi connectivity index (χ0n) is 18.2. The van der Waals surface area contributed by atoms with Crippen molar-refractivity contribution >= 4 is 5.97 Å². The van der Waals surface area contributed by atoms with Crippen LogP contribution in [0, 0.1) is 5.92 Å². The lowest BCUT2D eigenvalue weighted by molar-refractivity contribution is -0.836. The van der Waals surface area contributed by atoms with Gasteiger partial charge in [0, 0.05) is 39.0 Å². The fraction of sp³-hybridized carbons (Fsp3) is 0.941. The number of quaternary nitrogens is 1. The first-order valence-corrected chi connectivity index (χ1v) is 8.47. The third-order valence-electron chi connectivity index (χ3n) is 0.471. The van der Waals surface area contributed by atoms with Crippen molar-refractivity contribution in [1.29, 1.82) is 0 Å². The maximum absolute atomic E-state index is 9.59. The van der Waals surface area contributed by atoms with Crippen molar-refractivity contribution in [3.8, 4) is 0 Å². The van der Waals surface area contributed by atoms with Gasteiger partial charge in [-0.25, -0.2) is 0 Å². The van der Waals surface area contributed by atoms with Crippen LogP contribution in [-0.2, 0) is 4.79 Å². The van der Waals surface area contributed by atoms with E-state index in [1.54, 1.807) is 48.5 Å². The molecular weight excluding hydrogens is 330 g/mol. The van der Waals surface area contributed by atoms with Crippen LogP contribution >= 0.6 is 0 Å². The summed E-state index contributed by atoms with van der Waals surface area (Å²) in [6, 6.07) is 0. The summed E-state index contributed by atoms with van der Waals surface area (Å²) in [5.74, 6) is -1.33. The minimum atomic E-state index is -0.991. The molecule has 0 unspecified atom stereocenters. The van der Waals surface area contributed by atoms with Gasteiger partial charge in [0.1, 0.15) is 0 Å². The fourth-order valence-electron chi connectivity index (χ4n) is 0. The van der Waals surface area contributed by atoms with Crippen molar-refractivity contribution < 1.29 is 40.3 Å². The monoisotopic (exact) mass is 377 g/mol. The summed E-state index contributed by atoms with van der Waals surface area (Å²) in [5, 5.41) is 47.4. The van der Waals surface area contributed by atoms with E-state index in [1.165, 1.54) is 4.90 Å². The highest BCUT2D eigenvalue weighted by Crippen LogP contribution is 1.83. The first-order valence-electron chi connectivity index (χ1n) is 8.47. The molecule has 8 heteroatoms. The lowest BCUT2D eigenvalue weighted by Gasteiger charge is -2.01. The van der Waals surface area contributed by atoms with Gasteiger partial charge >= 0.3 is 0 Å². The Morgan fingerprint density at radius 3 is 0.760 bits per heavy atom. The Kier molecular flexibility index (Phi) is 116. The Morgan fingerprint density at radius 2 is 0.760 bits per heavy atom. The lowest BCUT2D eigenvalue weighted by atomic mass is 10.2. The molecule has 0 amide bonds. The number of aliphatic hydroxyl groups is 5. The molecular formula is C17H47NO7. The van der Waals surface area contributed by atoms with Gasteiger partial charge in [-0.3, -0.25) is 0 Å². The maximum Gasteiger partial charge on any atom is 0.0661 e. The van der Waals surface area contributed by atoms with Crippen LogP contribution in [0.1, 0.15) is 48.5 Å². The highest BCUT2D eigenvalue weighted by molar-refractivity contribution is 5.66. The molecule has 162 valence electrons. The molecule has 0 saturated heterocycles. The lowest BCUT2D eigenvalue weighted by Crippen LogP contribution is -3.02. The molecule has 0 bridgehead atoms. The van der Waals surface area contributed by atoms with Crippen molar-refractivity contribution in [2.45, 2.75) is 48.5 Å². The summed E-state index contributed by atoms with van der Waals surface area (Å²) < 4.78 is 0. The molecule has 0 aliphatic carbocycles. The van der Waals surface area contributed by atoms with Crippen LogP contribution in [-0.4, -0.2) is 85.7 Å². The Hall–Kier alpha value is -0.770. The van der Waals surface area contributed by atoms with E-state index in [0.717, 1.165) is 0 Å². The molecule has 0 aliphatic rings. The molecule has 6 N–H and O–H groups in total. The molecule has 0 radical (unpaired) electrons. The Bertz CT molecular complexity index is 144. The highest BCUT2D eigenvalue weighted by Gasteiger charge is 1.87. The molecule has 8 nitrogen and oxygen atoms in total. The van der Waals surface area contributed by atoms with E-state index in [-0.39, 0.29) is 39.0 Å². The quantitative estimate of drug-likeness (QED) is 0.314. The van der Waals surface area contributed by atoms with Crippen LogP contribution in [0.2, 0.25) is 0 Å². The van der Waals surface area contributed by atoms with Crippen molar-refractivity contribution in [3.63, 3.8) is 0 Å². The molecule has 0 heterocycles. The number of carboxylic acid groups (broad SMARTS) is 1. The molecule has 0 fully saturated rings. The molecule has 0 spiro atoms. The van der Waals surface area contributed by atoms with E-state index in [0.29, 0.717) is 0 Å². The van der Waals surface area contributed by atoms with Crippen molar-refractivity contribution in [1.82, 2.24) is 0 Å². The molecule has 0 aliphatic heterocycles. The van der Waals surface area contributed by atoms with Gasteiger partial charge in [-0.15, -0.1) is 0 Å². The summed E-state index contributed by atoms with van der Waals surface area (Å²) in [6.07, 6.45) is 0. The predicted octanol–water partition coefficient (Wildman–Crippen LogP) is -1.85. The Balaban J connectivity index is -0.0000000310. The van der Waals surface area contributed by atoms with Crippen LogP contribution in [0.3, 0.4) is 0 Å². The molecule has 0 rings (SSSR count). The number of aliphatic carboxylic acids is 1. The normalized spacial score (nSPS) is 7.24. The average molecular weight is 378 g/mol. The molecule has 0 aromatic carbocycles. The topological polar surface area (TPSA) is 146 Å². The third-order valence-corrected chi connectivity index (χ3v) is 0.471. The van der Waals surface area contributed by atoms with E-state index in [1.807, 2.05) is 0 Å². The van der Waals surface area contributed by atoms with Crippen molar-refractivity contribution in [2.24, 2.45) is 5.92 Å². The summed E-state index contributed by atoms with van der Waals surface area (Å²) in [7, 11) is 6.25. The second-order valence-electron chi connectivity index (χ2n) is 4.55. The standard InChI is InChI=1S/C4H8O2.C3H9N.5C2H6O/c1-3(2)4(5)6;1-4(2)3;5*1-2-3/h3H,1-2H3,(H,5,6);1-3H3;5*3H,2H2,1H3. The number of carbonyl (C=O) groups excluding carboxylic acids is 1. The first kappa shape index (κ1) is 44.0. The number of nitrogens with one attached hydrogen (secondary N) is 1. The second kappa shape index (κ2) is 65.6. The number of carbonyl (C=O) groups is 1. The van der Waals surface area contributed by atoms with Gasteiger partial charge in [0.25, 0.3) is 0 Å². The van der Waals surface area contributed by atoms with E-state index in [2.05, 4.69) is 21.1 Å². The van der Waals surface area contributed by atoms with Gasteiger partial charge in [-0.2, -0.15) is 0 Å². The Labute approximate surface area is 155 Å². The fourth-order valence-corrected chi connectivity index (χ4v) is 0. The minimum absolute atomic E-state index is 0.250. The van der Waals surface area contributed by atoms with Gasteiger partial charge < -0.3 is 40.3 Å². The second-order valence-corrected chi connectivity index (χ2v) is 4.55. The van der Waals surface area contributed by atoms with E-state index >= 15 is 0 Å². The Morgan fingerprint density at radius 1 is 0.720 bits per heavy atom. The van der Waals surface area contributed by atoms with Gasteiger partial charge in [0.2, 0.25) is 0 Å². The molecule has 25 heavy (non-hydrogen) atoms. The number of rotatable bonds is 1. The van der Waals surface area contributed by atoms with E-state index in [9.17, 15) is 9.90 Å². The SMILES string of the molecule is CC(C)C(=O)[O-].CCO.CCO.CCO.CCO.CCO.C[NH+](C)C. The first-order chi connectivity index (χ1) is 11.4. The zero-order valence-corrected chi connectivity index (χ0v) is 18.2. The van der Waals surface area contributed by atoms with E-state index in [4.69, 9.17) is 25.5 Å². The van der Waals surface area contributed by atoms with Crippen molar-refractivity contribution in [2.75, 3.05) is 54.2 Å². The van der Waals surface area contributed by atoms with Crippen LogP contribution < -0.4 is 10.0 Å². The minimum Gasteiger partial charge on any atom is -0.550 e. The maximum atomic E-state index is 9.59. The van der Waals surface area contributed by atoms with Gasteiger partial charge in [0.05, 0.1) is 21.1 Å². The van der Waals surface area contributed by atoms with Gasteiger partial charge in [0.15, 0.2) is 0 Å². The number of hydrogen-bond acceptors (Lipinski definition) is 7. The van der Waals surface area contributed by atoms with Crippen LogP contribution in [0.4, 0.5) is 0 Å². The zero-order chi connectivity index (χ0) is 22.3. The summed E-state index contributed by atoms with van der Waals surface area (Å²) in [6.45, 7) is 12.8. The van der Waals surface area contributed by atoms with Crippen molar-refractivity contribution in [3.05, 3.63) is 0 Å². The molecule has 0 aromatic rings. The molecule has 0 saturated carbocycles. The highest BCUT2D eigenvalue weighted by atomic mass is 16.4. The summed E-state index contributed by atoms with van der Waals surface area (Å²) in [4.78, 5) is 11.0. The van der Waals surface area contributed by atoms with Crippen LogP contribution in [0.5, 0.6) is 0 Å². The molecule has 0 atom stereocenters. The van der Waals surface area contributed by atoms with Crippen LogP contribution in [0.15, 0.2) is 0 Å². The number of carboxylic acids is 1. The smallest absolute Gasteiger partial charge is 0.0661 e. The number of hydrogen-bond donors (Lipinski definition) is 6. The van der Waals surface area contributed by atoms with Crippen LogP contribution in [0.25, 0.3) is 0 Å². The average Bonchev–Trinajstić information content (AvgIpc) is 2.42. The third kappa shape index (κ3) is 1000. The summed E-state index contributed by atoms with van der Waals surface area (Å²) in [5.41, 5.74) is 0. The predicted molar refractivity (Wildman–Crippen MR) is 102 cm³/mol. The van der Waals surface area contributed by atoms with E-state index < -0.39 is 5.97 Å². The molecule has 0 aromatic heterocycles. The summed E-state index contributed by atoms with van der Waals surface area (Å²) >= 11 is 0. The largest absolute Gasteiger partial charge is 0.550 e. The number of aliphatic hydroxyl groups excluding tert-OH is 5. The van der Waals surface area contributed by atoms with Gasteiger partial charge in [-0.1, -0.05) is 13.8 Å². The van der Waals surface area contributed by atoms with Gasteiger partial charge in [-0.05, 0) is 40.5 Å².